The second-order valence-electron chi connectivity index (χ2n) is 6.22. The van der Waals surface area contributed by atoms with E-state index in [0.29, 0.717) is 11.1 Å². The van der Waals surface area contributed by atoms with Crippen molar-refractivity contribution in [1.29, 1.82) is 5.26 Å². The molecule has 0 heterocycles. The number of rotatable bonds is 6. The van der Waals surface area contributed by atoms with E-state index >= 15 is 0 Å². The summed E-state index contributed by atoms with van der Waals surface area (Å²) in [4.78, 5) is 0. The average Bonchev–Trinajstić information content (AvgIpc) is 2.66. The number of halogens is 9. The lowest BCUT2D eigenvalue weighted by molar-refractivity contribution is -0.396. The van der Waals surface area contributed by atoms with E-state index in [1.165, 1.54) is 18.2 Å². The topological polar surface area (TPSA) is 23.8 Å². The van der Waals surface area contributed by atoms with E-state index in [1.54, 1.807) is 30.3 Å². The van der Waals surface area contributed by atoms with E-state index in [1.807, 2.05) is 0 Å². The van der Waals surface area contributed by atoms with Gasteiger partial charge >= 0.3 is 23.9 Å². The van der Waals surface area contributed by atoms with Gasteiger partial charge in [-0.05, 0) is 16.7 Å². The maximum atomic E-state index is 13.8. The van der Waals surface area contributed by atoms with Gasteiger partial charge < -0.3 is 0 Å². The average molecular weight is 425 g/mol. The number of hydrogen-bond acceptors (Lipinski definition) is 1. The lowest BCUT2D eigenvalue weighted by Gasteiger charge is -2.34. The van der Waals surface area contributed by atoms with Crippen LogP contribution in [0.15, 0.2) is 54.6 Å². The summed E-state index contributed by atoms with van der Waals surface area (Å²) >= 11 is 0. The van der Waals surface area contributed by atoms with Crippen molar-refractivity contribution < 1.29 is 39.5 Å². The molecule has 0 aliphatic carbocycles. The third kappa shape index (κ3) is 4.18. The Balaban J connectivity index is 2.30. The Labute approximate surface area is 159 Å². The molecule has 0 spiro atoms. The van der Waals surface area contributed by atoms with Gasteiger partial charge in [-0.25, -0.2) is 0 Å². The van der Waals surface area contributed by atoms with Crippen LogP contribution in [0.1, 0.15) is 17.9 Å². The van der Waals surface area contributed by atoms with Gasteiger partial charge in [0.05, 0.1) is 12.0 Å². The summed E-state index contributed by atoms with van der Waals surface area (Å²) in [7, 11) is 0. The Morgan fingerprint density at radius 2 is 1.17 bits per heavy atom. The highest BCUT2D eigenvalue weighted by Gasteiger charge is 2.81. The van der Waals surface area contributed by atoms with Gasteiger partial charge in [0.1, 0.15) is 0 Å². The number of benzene rings is 2. The molecule has 10 heteroatoms. The van der Waals surface area contributed by atoms with Crippen molar-refractivity contribution >= 4 is 0 Å². The van der Waals surface area contributed by atoms with Crippen LogP contribution >= 0.6 is 0 Å². The molecule has 2 rings (SSSR count). The first-order chi connectivity index (χ1) is 13.2. The van der Waals surface area contributed by atoms with Crippen molar-refractivity contribution in [3.05, 3.63) is 60.2 Å². The Kier molecular flexibility index (Phi) is 5.93. The molecule has 1 atom stereocenters. The molecule has 2 aromatic rings. The Bertz CT molecular complexity index is 865. The van der Waals surface area contributed by atoms with Crippen LogP contribution in [0, 0.1) is 11.3 Å². The summed E-state index contributed by atoms with van der Waals surface area (Å²) in [6.07, 6.45) is -9.10. The number of alkyl halides is 9. The van der Waals surface area contributed by atoms with Gasteiger partial charge in [0.15, 0.2) is 0 Å². The van der Waals surface area contributed by atoms with Crippen LogP contribution in [0.4, 0.5) is 39.5 Å². The molecule has 1 nitrogen and oxygen atoms in total. The monoisotopic (exact) mass is 425 g/mol. The summed E-state index contributed by atoms with van der Waals surface area (Å²) < 4.78 is 117. The van der Waals surface area contributed by atoms with Gasteiger partial charge in [-0.3, -0.25) is 0 Å². The molecule has 0 radical (unpaired) electrons. The van der Waals surface area contributed by atoms with Gasteiger partial charge in [0.2, 0.25) is 0 Å². The zero-order chi connectivity index (χ0) is 22.1. The molecule has 0 saturated heterocycles. The highest BCUT2D eigenvalue weighted by Crippen LogP contribution is 2.55. The molecule has 0 unspecified atom stereocenters. The number of nitriles is 1. The first-order valence-corrected chi connectivity index (χ1v) is 8.00. The van der Waals surface area contributed by atoms with Crippen molar-refractivity contribution in [2.24, 2.45) is 0 Å². The highest BCUT2D eigenvalue weighted by molar-refractivity contribution is 5.63. The van der Waals surface area contributed by atoms with E-state index in [-0.39, 0.29) is 5.56 Å². The molecule has 0 fully saturated rings. The standard InChI is InChI=1S/C19H12F9N/c20-16(21,17(22,23)18(24,25)19(26,27)28)10-15(11-29)14-8-6-13(7-9-14)12-4-2-1-3-5-12/h1-9,15H,10H2/t15-/m0/s1. The third-order valence-electron chi connectivity index (χ3n) is 4.25. The Hall–Kier alpha value is -2.70. The smallest absolute Gasteiger partial charge is 0.200 e. The largest absolute Gasteiger partial charge is 0.460 e. The molecule has 0 saturated carbocycles. The van der Waals surface area contributed by atoms with Gasteiger partial charge in [-0.15, -0.1) is 0 Å². The molecular formula is C19H12F9N. The summed E-state index contributed by atoms with van der Waals surface area (Å²) in [5.41, 5.74) is 1.08. The lowest BCUT2D eigenvalue weighted by atomic mass is 9.89. The highest BCUT2D eigenvalue weighted by atomic mass is 19.4. The van der Waals surface area contributed by atoms with E-state index in [9.17, 15) is 39.5 Å². The lowest BCUT2D eigenvalue weighted by Crippen LogP contribution is -2.61. The van der Waals surface area contributed by atoms with Crippen LogP contribution in [0.5, 0.6) is 0 Å². The number of hydrogen-bond donors (Lipinski definition) is 0. The van der Waals surface area contributed by atoms with E-state index in [2.05, 4.69) is 0 Å². The fourth-order valence-electron chi connectivity index (χ4n) is 2.57. The predicted molar refractivity (Wildman–Crippen MR) is 85.7 cm³/mol. The molecule has 29 heavy (non-hydrogen) atoms. The molecule has 0 N–H and O–H groups in total. The normalized spacial score (nSPS) is 14.3. The van der Waals surface area contributed by atoms with Gasteiger partial charge in [0.25, 0.3) is 0 Å². The van der Waals surface area contributed by atoms with Crippen LogP contribution in [0.3, 0.4) is 0 Å². The molecular weight excluding hydrogens is 413 g/mol. The van der Waals surface area contributed by atoms with Gasteiger partial charge in [-0.1, -0.05) is 54.6 Å². The van der Waals surface area contributed by atoms with Crippen LogP contribution in [0.2, 0.25) is 0 Å². The zero-order valence-corrected chi connectivity index (χ0v) is 14.3. The fourth-order valence-corrected chi connectivity index (χ4v) is 2.57. The molecule has 0 bridgehead atoms. The van der Waals surface area contributed by atoms with Crippen LogP contribution in [0.25, 0.3) is 11.1 Å². The fraction of sp³-hybridized carbons (Fsp3) is 0.316. The van der Waals surface area contributed by atoms with Gasteiger partial charge in [-0.2, -0.15) is 44.8 Å². The minimum atomic E-state index is -6.97. The number of nitrogens with zero attached hydrogens (tertiary/aromatic N) is 1. The minimum absolute atomic E-state index is 0.224. The second kappa shape index (κ2) is 7.61. The first kappa shape index (κ1) is 22.6. The summed E-state index contributed by atoms with van der Waals surface area (Å²) in [6, 6.07) is 14.9. The molecule has 0 aromatic heterocycles. The van der Waals surface area contributed by atoms with E-state index in [4.69, 9.17) is 5.26 Å². The van der Waals surface area contributed by atoms with E-state index < -0.39 is 36.3 Å². The maximum absolute atomic E-state index is 13.8. The minimum Gasteiger partial charge on any atom is -0.200 e. The van der Waals surface area contributed by atoms with Gasteiger partial charge in [0, 0.05) is 6.42 Å². The predicted octanol–water partition coefficient (Wildman–Crippen LogP) is 6.82. The zero-order valence-electron chi connectivity index (χ0n) is 14.3. The molecule has 0 aliphatic rings. The Morgan fingerprint density at radius 1 is 0.690 bits per heavy atom. The second-order valence-corrected chi connectivity index (χ2v) is 6.22. The van der Waals surface area contributed by atoms with Crippen LogP contribution < -0.4 is 0 Å². The quantitative estimate of drug-likeness (QED) is 0.466. The van der Waals surface area contributed by atoms with Crippen molar-refractivity contribution in [1.82, 2.24) is 0 Å². The summed E-state index contributed by atoms with van der Waals surface area (Å²) in [6.45, 7) is 0. The molecule has 2 aromatic carbocycles. The first-order valence-electron chi connectivity index (χ1n) is 8.00. The van der Waals surface area contributed by atoms with Crippen LogP contribution in [-0.4, -0.2) is 23.9 Å². The molecule has 0 amide bonds. The summed E-state index contributed by atoms with van der Waals surface area (Å²) in [5, 5.41) is 9.02. The van der Waals surface area contributed by atoms with Crippen molar-refractivity contribution in [2.75, 3.05) is 0 Å². The molecule has 156 valence electrons. The SMILES string of the molecule is N#C[C@H](CC(F)(F)C(F)(F)C(F)(F)C(F)(F)F)c1ccc(-c2ccccc2)cc1. The summed E-state index contributed by atoms with van der Waals surface area (Å²) in [5.74, 6) is -21.5. The van der Waals surface area contributed by atoms with Crippen molar-refractivity contribution in [2.45, 2.75) is 36.3 Å². The van der Waals surface area contributed by atoms with Crippen molar-refractivity contribution in [3.63, 3.8) is 0 Å². The Morgan fingerprint density at radius 3 is 1.62 bits per heavy atom. The third-order valence-corrected chi connectivity index (χ3v) is 4.25. The van der Waals surface area contributed by atoms with Crippen molar-refractivity contribution in [3.8, 4) is 17.2 Å². The van der Waals surface area contributed by atoms with E-state index in [0.717, 1.165) is 12.1 Å². The maximum Gasteiger partial charge on any atom is 0.460 e. The van der Waals surface area contributed by atoms with Crippen LogP contribution in [-0.2, 0) is 0 Å². The molecule has 0 aliphatic heterocycles.